The second kappa shape index (κ2) is 9.28. The van der Waals surface area contributed by atoms with E-state index in [0.717, 1.165) is 11.1 Å². The molecule has 26 heavy (non-hydrogen) atoms. The molecule has 2 aromatic carbocycles. The number of hydrogen-bond donors (Lipinski definition) is 2. The fourth-order valence-electron chi connectivity index (χ4n) is 2.16. The van der Waals surface area contributed by atoms with Crippen LogP contribution >= 0.6 is 12.4 Å². The van der Waals surface area contributed by atoms with E-state index in [1.54, 1.807) is 13.3 Å². The van der Waals surface area contributed by atoms with Gasteiger partial charge in [-0.15, -0.1) is 22.6 Å². The maximum absolute atomic E-state index is 5.95. The number of rotatable bonds is 7. The Balaban J connectivity index is 0.00000243. The van der Waals surface area contributed by atoms with E-state index in [9.17, 15) is 0 Å². The summed E-state index contributed by atoms with van der Waals surface area (Å²) in [4.78, 5) is 0. The zero-order valence-corrected chi connectivity index (χ0v) is 14.9. The largest absolute Gasteiger partial charge is 0.493 e. The molecule has 0 radical (unpaired) electrons. The van der Waals surface area contributed by atoms with Gasteiger partial charge in [-0.25, -0.2) is 10.1 Å². The van der Waals surface area contributed by atoms with Crippen molar-refractivity contribution in [3.05, 3.63) is 66.0 Å². The van der Waals surface area contributed by atoms with E-state index in [2.05, 4.69) is 20.7 Å². The van der Waals surface area contributed by atoms with Crippen molar-refractivity contribution in [3.8, 4) is 11.5 Å². The number of nitrogens with two attached hydrogens (primary N) is 1. The highest BCUT2D eigenvalue weighted by Gasteiger charge is 2.10. The number of aromatic nitrogens is 3. The van der Waals surface area contributed by atoms with Gasteiger partial charge in [0.2, 0.25) is 0 Å². The Labute approximate surface area is 157 Å². The lowest BCUT2D eigenvalue weighted by Crippen LogP contribution is -2.10. The van der Waals surface area contributed by atoms with Gasteiger partial charge in [0.1, 0.15) is 12.9 Å². The first-order chi connectivity index (χ1) is 12.3. The minimum absolute atomic E-state index is 0. The number of benzene rings is 2. The number of nitrogen functional groups attached to an aromatic ring is 1. The molecule has 0 spiro atoms. The molecule has 9 heteroatoms. The van der Waals surface area contributed by atoms with Gasteiger partial charge in [0.05, 0.1) is 13.3 Å². The third-order valence-electron chi connectivity index (χ3n) is 3.40. The van der Waals surface area contributed by atoms with Gasteiger partial charge in [-0.1, -0.05) is 36.4 Å². The van der Waals surface area contributed by atoms with E-state index in [4.69, 9.17) is 15.3 Å². The first-order valence-corrected chi connectivity index (χ1v) is 7.56. The Morgan fingerprint density at radius 2 is 2.00 bits per heavy atom. The molecule has 0 saturated heterocycles. The number of anilines is 1. The standard InChI is InChI=1S/C17H18N6O2.ClH/c1-24-15-9-5-8-14(10-19-21-17-22-20-12-23(17)18)16(15)25-11-13-6-3-2-4-7-13;/h2-10,12H,11,18H2,1H3,(H,21,22);1H. The van der Waals surface area contributed by atoms with Gasteiger partial charge in [-0.05, 0) is 17.7 Å². The molecule has 3 rings (SSSR count). The summed E-state index contributed by atoms with van der Waals surface area (Å²) >= 11 is 0. The Hall–Kier alpha value is -3.26. The normalized spacial score (nSPS) is 10.3. The van der Waals surface area contributed by atoms with Gasteiger partial charge in [0.25, 0.3) is 5.95 Å². The van der Waals surface area contributed by atoms with Gasteiger partial charge < -0.3 is 15.3 Å². The molecule has 0 bridgehead atoms. The third-order valence-corrected chi connectivity index (χ3v) is 3.40. The highest BCUT2D eigenvalue weighted by atomic mass is 35.5. The first kappa shape index (κ1) is 19.1. The van der Waals surface area contributed by atoms with Crippen LogP contribution in [-0.2, 0) is 6.61 Å². The Morgan fingerprint density at radius 1 is 1.19 bits per heavy atom. The van der Waals surface area contributed by atoms with Crippen LogP contribution in [0, 0.1) is 0 Å². The maximum atomic E-state index is 5.95. The van der Waals surface area contributed by atoms with Crippen LogP contribution in [-0.4, -0.2) is 28.2 Å². The van der Waals surface area contributed by atoms with E-state index < -0.39 is 0 Å². The zero-order valence-electron chi connectivity index (χ0n) is 14.1. The smallest absolute Gasteiger partial charge is 0.263 e. The van der Waals surface area contributed by atoms with E-state index >= 15 is 0 Å². The molecule has 0 amide bonds. The monoisotopic (exact) mass is 374 g/mol. The summed E-state index contributed by atoms with van der Waals surface area (Å²) in [6.45, 7) is 0.423. The summed E-state index contributed by atoms with van der Waals surface area (Å²) in [5, 5.41) is 11.6. The van der Waals surface area contributed by atoms with Crippen molar-refractivity contribution < 1.29 is 9.47 Å². The second-order valence-corrected chi connectivity index (χ2v) is 5.08. The lowest BCUT2D eigenvalue weighted by Gasteiger charge is -2.13. The van der Waals surface area contributed by atoms with Crippen molar-refractivity contribution >= 4 is 24.6 Å². The number of hydrogen-bond acceptors (Lipinski definition) is 7. The summed E-state index contributed by atoms with van der Waals surface area (Å²) in [5.41, 5.74) is 4.53. The summed E-state index contributed by atoms with van der Waals surface area (Å²) in [7, 11) is 1.60. The number of halogens is 1. The molecule has 0 aliphatic carbocycles. The topological polar surface area (TPSA) is 99.6 Å². The van der Waals surface area contributed by atoms with Crippen LogP contribution in [0.2, 0.25) is 0 Å². The van der Waals surface area contributed by atoms with Crippen molar-refractivity contribution in [2.45, 2.75) is 6.61 Å². The molecule has 1 heterocycles. The summed E-state index contributed by atoms with van der Waals surface area (Å²) in [6.07, 6.45) is 2.98. The molecule has 0 saturated carbocycles. The van der Waals surface area contributed by atoms with Gasteiger partial charge in [-0.3, -0.25) is 0 Å². The third kappa shape index (κ3) is 4.64. The van der Waals surface area contributed by atoms with Crippen LogP contribution in [0.1, 0.15) is 11.1 Å². The zero-order chi connectivity index (χ0) is 17.5. The lowest BCUT2D eigenvalue weighted by molar-refractivity contribution is 0.284. The van der Waals surface area contributed by atoms with Crippen molar-refractivity contribution in [1.29, 1.82) is 0 Å². The minimum Gasteiger partial charge on any atom is -0.493 e. The number of nitrogens with zero attached hydrogens (tertiary/aromatic N) is 4. The average Bonchev–Trinajstić information content (AvgIpc) is 3.06. The highest BCUT2D eigenvalue weighted by molar-refractivity contribution is 5.85. The Kier molecular flexibility index (Phi) is 6.81. The number of nitrogens with one attached hydrogen (secondary N) is 1. The van der Waals surface area contributed by atoms with Crippen LogP contribution < -0.4 is 20.7 Å². The Morgan fingerprint density at radius 3 is 2.69 bits per heavy atom. The predicted octanol–water partition coefficient (Wildman–Crippen LogP) is 2.45. The molecule has 8 nitrogen and oxygen atoms in total. The van der Waals surface area contributed by atoms with Crippen molar-refractivity contribution in [2.24, 2.45) is 5.10 Å². The molecule has 3 aromatic rings. The SMILES string of the molecule is COc1cccc(C=NNc2nncn2N)c1OCc1ccccc1.Cl. The average molecular weight is 375 g/mol. The number of hydrazone groups is 1. The van der Waals surface area contributed by atoms with Crippen LogP contribution in [0.25, 0.3) is 0 Å². The first-order valence-electron chi connectivity index (χ1n) is 7.56. The van der Waals surface area contributed by atoms with Crippen LogP contribution in [0.4, 0.5) is 5.95 Å². The quantitative estimate of drug-likeness (QED) is 0.374. The highest BCUT2D eigenvalue weighted by Crippen LogP contribution is 2.30. The molecule has 0 aliphatic rings. The summed E-state index contributed by atoms with van der Waals surface area (Å²) < 4.78 is 12.6. The van der Waals surface area contributed by atoms with Gasteiger partial charge in [0, 0.05) is 5.56 Å². The molecule has 0 unspecified atom stereocenters. The van der Waals surface area contributed by atoms with Gasteiger partial charge >= 0.3 is 0 Å². The summed E-state index contributed by atoms with van der Waals surface area (Å²) in [5.74, 6) is 7.18. The molecular weight excluding hydrogens is 356 g/mol. The Bertz CT molecular complexity index is 853. The fourth-order valence-corrected chi connectivity index (χ4v) is 2.16. The maximum Gasteiger partial charge on any atom is 0.263 e. The molecule has 3 N–H and O–H groups in total. The van der Waals surface area contributed by atoms with Crippen LogP contribution in [0.5, 0.6) is 11.5 Å². The van der Waals surface area contributed by atoms with Crippen LogP contribution in [0.15, 0.2) is 60.0 Å². The van der Waals surface area contributed by atoms with E-state index in [1.807, 2.05) is 48.5 Å². The predicted molar refractivity (Wildman–Crippen MR) is 102 cm³/mol. The van der Waals surface area contributed by atoms with Crippen LogP contribution in [0.3, 0.4) is 0 Å². The van der Waals surface area contributed by atoms with Crippen molar-refractivity contribution in [1.82, 2.24) is 14.9 Å². The van der Waals surface area contributed by atoms with Crippen molar-refractivity contribution in [2.75, 3.05) is 18.4 Å². The van der Waals surface area contributed by atoms with Gasteiger partial charge in [-0.2, -0.15) is 5.10 Å². The molecule has 0 atom stereocenters. The number of ether oxygens (including phenoxy) is 2. The number of methoxy groups -OCH3 is 1. The van der Waals surface area contributed by atoms with Gasteiger partial charge in [0.15, 0.2) is 11.5 Å². The second-order valence-electron chi connectivity index (χ2n) is 5.08. The lowest BCUT2D eigenvalue weighted by atomic mass is 10.2. The van der Waals surface area contributed by atoms with E-state index in [-0.39, 0.29) is 12.4 Å². The molecule has 0 aliphatic heterocycles. The molecule has 136 valence electrons. The molecule has 0 fully saturated rings. The fraction of sp³-hybridized carbons (Fsp3) is 0.118. The van der Waals surface area contributed by atoms with E-state index in [0.29, 0.717) is 24.1 Å². The van der Waals surface area contributed by atoms with Crippen molar-refractivity contribution in [3.63, 3.8) is 0 Å². The minimum atomic E-state index is 0. The molecule has 1 aromatic heterocycles. The van der Waals surface area contributed by atoms with E-state index in [1.165, 1.54) is 11.0 Å². The molecular formula is C17H19ClN6O2. The summed E-state index contributed by atoms with van der Waals surface area (Å²) in [6, 6.07) is 15.5. The number of para-hydroxylation sites is 1.